The van der Waals surface area contributed by atoms with Gasteiger partial charge in [0.05, 0.1) is 6.61 Å². The lowest BCUT2D eigenvalue weighted by Gasteiger charge is -2.23. The average Bonchev–Trinajstić information content (AvgIpc) is 2.83. The van der Waals surface area contributed by atoms with Crippen molar-refractivity contribution in [2.45, 2.75) is 25.4 Å². The molecule has 1 heterocycles. The van der Waals surface area contributed by atoms with Gasteiger partial charge >= 0.3 is 0 Å². The van der Waals surface area contributed by atoms with E-state index in [2.05, 4.69) is 17.4 Å². The van der Waals surface area contributed by atoms with Crippen molar-refractivity contribution in [1.29, 1.82) is 0 Å². The van der Waals surface area contributed by atoms with Crippen molar-refractivity contribution in [3.63, 3.8) is 0 Å². The second kappa shape index (κ2) is 5.37. The van der Waals surface area contributed by atoms with Gasteiger partial charge < -0.3 is 21.0 Å². The van der Waals surface area contributed by atoms with Crippen LogP contribution in [0.4, 0.5) is 0 Å². The molecule has 1 fully saturated rings. The number of amidine groups is 1. The first-order valence-corrected chi connectivity index (χ1v) is 6.03. The fraction of sp³-hybridized carbons (Fsp3) is 0.462. The summed E-state index contributed by atoms with van der Waals surface area (Å²) in [7, 11) is 0. The maximum atomic E-state index is 8.58. The van der Waals surface area contributed by atoms with Gasteiger partial charge in [-0.1, -0.05) is 29.4 Å². The maximum absolute atomic E-state index is 8.58. The molecule has 0 amide bonds. The van der Waals surface area contributed by atoms with E-state index in [-0.39, 0.29) is 11.4 Å². The highest BCUT2D eigenvalue weighted by Crippen LogP contribution is 2.18. The van der Waals surface area contributed by atoms with Crippen LogP contribution in [0.1, 0.15) is 24.5 Å². The van der Waals surface area contributed by atoms with E-state index in [1.807, 2.05) is 24.3 Å². The van der Waals surface area contributed by atoms with E-state index in [1.165, 1.54) is 0 Å². The topological polar surface area (TPSA) is 79.9 Å². The summed E-state index contributed by atoms with van der Waals surface area (Å²) in [5.41, 5.74) is 7.46. The maximum Gasteiger partial charge on any atom is 0.170 e. The monoisotopic (exact) mass is 249 g/mol. The fourth-order valence-corrected chi connectivity index (χ4v) is 1.97. The highest BCUT2D eigenvalue weighted by Gasteiger charge is 2.28. The van der Waals surface area contributed by atoms with E-state index in [9.17, 15) is 0 Å². The summed E-state index contributed by atoms with van der Waals surface area (Å²) in [5, 5.41) is 15.0. The summed E-state index contributed by atoms with van der Waals surface area (Å²) < 4.78 is 5.39. The summed E-state index contributed by atoms with van der Waals surface area (Å²) >= 11 is 0. The van der Waals surface area contributed by atoms with Crippen LogP contribution in [0.3, 0.4) is 0 Å². The van der Waals surface area contributed by atoms with E-state index < -0.39 is 0 Å². The zero-order chi connectivity index (χ0) is 13.0. The Morgan fingerprint density at radius 1 is 1.50 bits per heavy atom. The minimum Gasteiger partial charge on any atom is -0.409 e. The third-order valence-corrected chi connectivity index (χ3v) is 3.30. The largest absolute Gasteiger partial charge is 0.409 e. The summed E-state index contributed by atoms with van der Waals surface area (Å²) in [5.74, 6) is 0.130. The molecule has 98 valence electrons. The van der Waals surface area contributed by atoms with Crippen LogP contribution in [0.2, 0.25) is 0 Å². The quantitative estimate of drug-likeness (QED) is 0.322. The van der Waals surface area contributed by atoms with Crippen molar-refractivity contribution in [3.8, 4) is 0 Å². The molecule has 0 bridgehead atoms. The molecule has 0 aliphatic carbocycles. The lowest BCUT2D eigenvalue weighted by Crippen LogP contribution is -2.42. The Morgan fingerprint density at radius 2 is 2.22 bits per heavy atom. The van der Waals surface area contributed by atoms with Crippen LogP contribution in [0.15, 0.2) is 29.4 Å². The standard InChI is InChI=1S/C13H19N3O2/c1-13(6-7-18-9-13)15-8-10-2-4-11(5-3-10)12(14)16-17/h2-5,15,17H,6-9H2,1H3,(H2,14,16). The molecule has 1 unspecified atom stereocenters. The van der Waals surface area contributed by atoms with Gasteiger partial charge in [0.25, 0.3) is 0 Å². The van der Waals surface area contributed by atoms with Crippen molar-refractivity contribution in [2.24, 2.45) is 10.9 Å². The number of hydrogen-bond acceptors (Lipinski definition) is 4. The molecule has 1 atom stereocenters. The van der Waals surface area contributed by atoms with E-state index in [1.54, 1.807) is 0 Å². The lowest BCUT2D eigenvalue weighted by atomic mass is 10.0. The Hall–Kier alpha value is -1.59. The Kier molecular flexibility index (Phi) is 3.84. The zero-order valence-electron chi connectivity index (χ0n) is 10.5. The van der Waals surface area contributed by atoms with Gasteiger partial charge in [-0.05, 0) is 18.9 Å². The molecule has 1 saturated heterocycles. The highest BCUT2D eigenvalue weighted by atomic mass is 16.5. The first-order chi connectivity index (χ1) is 8.63. The molecule has 5 heteroatoms. The van der Waals surface area contributed by atoms with Crippen LogP contribution >= 0.6 is 0 Å². The van der Waals surface area contributed by atoms with E-state index in [0.717, 1.165) is 37.3 Å². The summed E-state index contributed by atoms with van der Waals surface area (Å²) in [6.45, 7) is 4.54. The van der Waals surface area contributed by atoms with Crippen molar-refractivity contribution in [2.75, 3.05) is 13.2 Å². The van der Waals surface area contributed by atoms with Crippen LogP contribution in [-0.2, 0) is 11.3 Å². The van der Waals surface area contributed by atoms with Crippen LogP contribution in [0.25, 0.3) is 0 Å². The highest BCUT2D eigenvalue weighted by molar-refractivity contribution is 5.96. The second-order valence-corrected chi connectivity index (χ2v) is 4.90. The third-order valence-electron chi connectivity index (χ3n) is 3.30. The Balaban J connectivity index is 1.94. The number of nitrogens with zero attached hydrogens (tertiary/aromatic N) is 1. The van der Waals surface area contributed by atoms with Gasteiger partial charge in [-0.25, -0.2) is 0 Å². The van der Waals surface area contributed by atoms with E-state index in [4.69, 9.17) is 15.7 Å². The number of rotatable bonds is 4. The number of hydrogen-bond donors (Lipinski definition) is 3. The smallest absolute Gasteiger partial charge is 0.170 e. The van der Waals surface area contributed by atoms with Crippen LogP contribution in [-0.4, -0.2) is 29.8 Å². The molecule has 2 rings (SSSR count). The SMILES string of the molecule is CC1(NCc2ccc(/C(N)=N/O)cc2)CCOC1. The molecule has 4 N–H and O–H groups in total. The van der Waals surface area contributed by atoms with Crippen molar-refractivity contribution in [1.82, 2.24) is 5.32 Å². The predicted molar refractivity (Wildman–Crippen MR) is 69.6 cm³/mol. The van der Waals surface area contributed by atoms with Gasteiger partial charge in [-0.3, -0.25) is 0 Å². The normalized spacial score (nSPS) is 24.4. The lowest BCUT2D eigenvalue weighted by molar-refractivity contribution is 0.171. The molecule has 1 aliphatic heterocycles. The van der Waals surface area contributed by atoms with Crippen molar-refractivity contribution < 1.29 is 9.94 Å². The number of nitrogens with one attached hydrogen (secondary N) is 1. The second-order valence-electron chi connectivity index (χ2n) is 4.90. The molecule has 0 aromatic heterocycles. The Labute approximate surface area is 107 Å². The first-order valence-electron chi connectivity index (χ1n) is 6.03. The zero-order valence-corrected chi connectivity index (χ0v) is 10.5. The molecule has 0 radical (unpaired) electrons. The Bertz CT molecular complexity index is 422. The number of nitrogens with two attached hydrogens (primary N) is 1. The molecule has 0 spiro atoms. The van der Waals surface area contributed by atoms with Gasteiger partial charge in [-0.15, -0.1) is 0 Å². The molecule has 1 aromatic carbocycles. The van der Waals surface area contributed by atoms with Crippen LogP contribution in [0, 0.1) is 0 Å². The minimum atomic E-state index is 0.0737. The molecule has 1 aromatic rings. The minimum absolute atomic E-state index is 0.0737. The average molecular weight is 249 g/mol. The summed E-state index contributed by atoms with van der Waals surface area (Å²) in [4.78, 5) is 0. The van der Waals surface area contributed by atoms with Crippen LogP contribution < -0.4 is 11.1 Å². The molecule has 5 nitrogen and oxygen atoms in total. The third kappa shape index (κ3) is 3.00. The van der Waals surface area contributed by atoms with E-state index >= 15 is 0 Å². The molecular weight excluding hydrogens is 230 g/mol. The van der Waals surface area contributed by atoms with E-state index in [0.29, 0.717) is 0 Å². The number of oxime groups is 1. The van der Waals surface area contributed by atoms with Gasteiger partial charge in [0.1, 0.15) is 0 Å². The number of ether oxygens (including phenoxy) is 1. The summed E-state index contributed by atoms with van der Waals surface area (Å²) in [6.07, 6.45) is 1.04. The fourth-order valence-electron chi connectivity index (χ4n) is 1.97. The molecule has 0 saturated carbocycles. The van der Waals surface area contributed by atoms with Gasteiger partial charge in [0.2, 0.25) is 0 Å². The summed E-state index contributed by atoms with van der Waals surface area (Å²) in [6, 6.07) is 7.64. The van der Waals surface area contributed by atoms with Gasteiger partial charge in [-0.2, -0.15) is 0 Å². The molecular formula is C13H19N3O2. The van der Waals surface area contributed by atoms with Gasteiger partial charge in [0, 0.05) is 24.3 Å². The van der Waals surface area contributed by atoms with Crippen LogP contribution in [0.5, 0.6) is 0 Å². The van der Waals surface area contributed by atoms with Crippen molar-refractivity contribution >= 4 is 5.84 Å². The molecule has 18 heavy (non-hydrogen) atoms. The van der Waals surface area contributed by atoms with Crippen molar-refractivity contribution in [3.05, 3.63) is 35.4 Å². The Morgan fingerprint density at radius 3 is 2.78 bits per heavy atom. The molecule has 1 aliphatic rings. The first kappa shape index (κ1) is 12.9. The number of benzene rings is 1. The van der Waals surface area contributed by atoms with Gasteiger partial charge in [0.15, 0.2) is 5.84 Å². The predicted octanol–water partition coefficient (Wildman–Crippen LogP) is 1.05.